The quantitative estimate of drug-likeness (QED) is 0.618. The van der Waals surface area contributed by atoms with Crippen LogP contribution in [0.3, 0.4) is 0 Å². The van der Waals surface area contributed by atoms with Gasteiger partial charge in [0, 0.05) is 0 Å². The van der Waals surface area contributed by atoms with Crippen LogP contribution in [0, 0.1) is 17.3 Å². The Kier molecular flexibility index (Phi) is 2.58. The van der Waals surface area contributed by atoms with Crippen molar-refractivity contribution >= 4 is 0 Å². The lowest BCUT2D eigenvalue weighted by Gasteiger charge is -2.39. The maximum absolute atomic E-state index is 5.75. The zero-order chi connectivity index (χ0) is 8.48. The van der Waals surface area contributed by atoms with Crippen molar-refractivity contribution in [1.29, 1.82) is 0 Å². The van der Waals surface area contributed by atoms with E-state index >= 15 is 0 Å². The van der Waals surface area contributed by atoms with Gasteiger partial charge < -0.3 is 5.73 Å². The van der Waals surface area contributed by atoms with Crippen molar-refractivity contribution in [2.45, 2.75) is 40.0 Å². The molecule has 0 radical (unpaired) electrons. The Balaban J connectivity index is 2.51. The molecule has 2 N–H and O–H groups in total. The maximum Gasteiger partial charge on any atom is -0.00231 e. The van der Waals surface area contributed by atoms with Gasteiger partial charge in [0.05, 0.1) is 0 Å². The van der Waals surface area contributed by atoms with Crippen molar-refractivity contribution in [2.75, 3.05) is 6.54 Å². The summed E-state index contributed by atoms with van der Waals surface area (Å²) in [5.74, 6) is 1.78. The average Bonchev–Trinajstić information content (AvgIpc) is 1.98. The van der Waals surface area contributed by atoms with Crippen LogP contribution in [0.4, 0.5) is 0 Å². The smallest absolute Gasteiger partial charge is 0.00231 e. The Morgan fingerprint density at radius 2 is 2.00 bits per heavy atom. The molecule has 1 heteroatoms. The van der Waals surface area contributed by atoms with Gasteiger partial charge in [-0.05, 0) is 43.1 Å². The summed E-state index contributed by atoms with van der Waals surface area (Å²) in [5, 5.41) is 0. The minimum Gasteiger partial charge on any atom is -0.330 e. The predicted molar refractivity (Wildman–Crippen MR) is 49.3 cm³/mol. The Morgan fingerprint density at radius 1 is 1.36 bits per heavy atom. The van der Waals surface area contributed by atoms with E-state index < -0.39 is 0 Å². The standard InChI is InChI=1S/C10H21N/c1-8-4-5-10(3,7-11)6-9(8)2/h8-9H,4-7,11H2,1-3H3/t8-,9-,10+/m1/s1. The van der Waals surface area contributed by atoms with Crippen LogP contribution in [0.15, 0.2) is 0 Å². The molecule has 3 atom stereocenters. The van der Waals surface area contributed by atoms with Crippen molar-refractivity contribution in [3.63, 3.8) is 0 Å². The fourth-order valence-corrected chi connectivity index (χ4v) is 2.13. The zero-order valence-electron chi connectivity index (χ0n) is 8.06. The molecule has 0 amide bonds. The van der Waals surface area contributed by atoms with Crippen molar-refractivity contribution in [3.8, 4) is 0 Å². The first-order valence-corrected chi connectivity index (χ1v) is 4.77. The van der Waals surface area contributed by atoms with Gasteiger partial charge >= 0.3 is 0 Å². The molecule has 0 spiro atoms. The average molecular weight is 155 g/mol. The van der Waals surface area contributed by atoms with Crippen molar-refractivity contribution < 1.29 is 0 Å². The summed E-state index contributed by atoms with van der Waals surface area (Å²) in [6.07, 6.45) is 4.02. The highest BCUT2D eigenvalue weighted by atomic mass is 14.6. The second-order valence-electron chi connectivity index (χ2n) is 4.71. The van der Waals surface area contributed by atoms with Gasteiger partial charge in [-0.15, -0.1) is 0 Å². The van der Waals surface area contributed by atoms with Crippen LogP contribution in [-0.2, 0) is 0 Å². The van der Waals surface area contributed by atoms with E-state index in [2.05, 4.69) is 20.8 Å². The molecule has 1 aliphatic carbocycles. The number of hydrogen-bond acceptors (Lipinski definition) is 1. The Labute approximate surface area is 70.4 Å². The Hall–Kier alpha value is -0.0400. The molecule has 1 aliphatic rings. The third kappa shape index (κ3) is 1.96. The summed E-state index contributed by atoms with van der Waals surface area (Å²) in [4.78, 5) is 0. The van der Waals surface area contributed by atoms with Gasteiger partial charge in [0.25, 0.3) is 0 Å². The van der Waals surface area contributed by atoms with E-state index in [1.54, 1.807) is 0 Å². The number of rotatable bonds is 1. The topological polar surface area (TPSA) is 26.0 Å². The Morgan fingerprint density at radius 3 is 2.45 bits per heavy atom. The van der Waals surface area contributed by atoms with Gasteiger partial charge in [-0.1, -0.05) is 20.8 Å². The molecule has 0 saturated heterocycles. The summed E-state index contributed by atoms with van der Waals surface area (Å²) in [5.41, 5.74) is 6.20. The molecule has 1 rings (SSSR count). The van der Waals surface area contributed by atoms with Crippen molar-refractivity contribution in [1.82, 2.24) is 0 Å². The molecular weight excluding hydrogens is 134 g/mol. The van der Waals surface area contributed by atoms with Crippen LogP contribution in [0.1, 0.15) is 40.0 Å². The molecule has 0 unspecified atom stereocenters. The van der Waals surface area contributed by atoms with E-state index in [1.807, 2.05) is 0 Å². The molecule has 66 valence electrons. The highest BCUT2D eigenvalue weighted by Gasteiger charge is 2.32. The van der Waals surface area contributed by atoms with Gasteiger partial charge in [-0.3, -0.25) is 0 Å². The van der Waals surface area contributed by atoms with Gasteiger partial charge in [0.1, 0.15) is 0 Å². The molecule has 0 aromatic carbocycles. The minimum atomic E-state index is 0.450. The molecule has 1 fully saturated rings. The van der Waals surface area contributed by atoms with Gasteiger partial charge in [0.2, 0.25) is 0 Å². The fourth-order valence-electron chi connectivity index (χ4n) is 2.13. The molecule has 1 nitrogen and oxygen atoms in total. The molecule has 0 aromatic heterocycles. The zero-order valence-corrected chi connectivity index (χ0v) is 8.06. The normalized spacial score (nSPS) is 45.8. The van der Waals surface area contributed by atoms with Crippen LogP contribution in [0.2, 0.25) is 0 Å². The lowest BCUT2D eigenvalue weighted by Crippen LogP contribution is -2.35. The lowest BCUT2D eigenvalue weighted by molar-refractivity contribution is 0.129. The summed E-state index contributed by atoms with van der Waals surface area (Å²) in [6, 6.07) is 0. The van der Waals surface area contributed by atoms with E-state index in [0.717, 1.165) is 18.4 Å². The van der Waals surface area contributed by atoms with E-state index in [4.69, 9.17) is 5.73 Å². The molecular formula is C10H21N. The van der Waals surface area contributed by atoms with Crippen LogP contribution in [0.25, 0.3) is 0 Å². The molecule has 0 aliphatic heterocycles. The lowest BCUT2D eigenvalue weighted by atomic mass is 9.67. The number of hydrogen-bond donors (Lipinski definition) is 1. The minimum absolute atomic E-state index is 0.450. The molecule has 1 saturated carbocycles. The third-order valence-corrected chi connectivity index (χ3v) is 3.48. The molecule has 0 aromatic rings. The van der Waals surface area contributed by atoms with Gasteiger partial charge in [0.15, 0.2) is 0 Å². The summed E-state index contributed by atoms with van der Waals surface area (Å²) < 4.78 is 0. The molecule has 0 heterocycles. The van der Waals surface area contributed by atoms with Crippen LogP contribution in [0.5, 0.6) is 0 Å². The first-order valence-electron chi connectivity index (χ1n) is 4.77. The Bertz CT molecular complexity index is 133. The van der Waals surface area contributed by atoms with Crippen molar-refractivity contribution in [3.05, 3.63) is 0 Å². The van der Waals surface area contributed by atoms with E-state index in [1.165, 1.54) is 19.3 Å². The van der Waals surface area contributed by atoms with Crippen LogP contribution in [-0.4, -0.2) is 6.54 Å². The highest BCUT2D eigenvalue weighted by molar-refractivity contribution is 4.84. The monoisotopic (exact) mass is 155 g/mol. The second-order valence-corrected chi connectivity index (χ2v) is 4.71. The SMILES string of the molecule is C[C@@H]1CC[C@](C)(CN)C[C@H]1C. The third-order valence-electron chi connectivity index (χ3n) is 3.48. The first kappa shape index (κ1) is 9.05. The summed E-state index contributed by atoms with van der Waals surface area (Å²) in [6.45, 7) is 7.91. The predicted octanol–water partition coefficient (Wildman–Crippen LogP) is 2.41. The summed E-state index contributed by atoms with van der Waals surface area (Å²) >= 11 is 0. The van der Waals surface area contributed by atoms with Gasteiger partial charge in [-0.2, -0.15) is 0 Å². The summed E-state index contributed by atoms with van der Waals surface area (Å²) in [7, 11) is 0. The van der Waals surface area contributed by atoms with Crippen LogP contribution < -0.4 is 5.73 Å². The van der Waals surface area contributed by atoms with Crippen LogP contribution >= 0.6 is 0 Å². The fraction of sp³-hybridized carbons (Fsp3) is 1.00. The first-order chi connectivity index (χ1) is 5.07. The second kappa shape index (κ2) is 3.14. The van der Waals surface area contributed by atoms with E-state index in [0.29, 0.717) is 5.41 Å². The van der Waals surface area contributed by atoms with Crippen molar-refractivity contribution in [2.24, 2.45) is 23.0 Å². The van der Waals surface area contributed by atoms with E-state index in [-0.39, 0.29) is 0 Å². The van der Waals surface area contributed by atoms with E-state index in [9.17, 15) is 0 Å². The largest absolute Gasteiger partial charge is 0.330 e. The highest BCUT2D eigenvalue weighted by Crippen LogP contribution is 2.40. The van der Waals surface area contributed by atoms with Gasteiger partial charge in [-0.25, -0.2) is 0 Å². The number of nitrogens with two attached hydrogens (primary N) is 1. The molecule has 11 heavy (non-hydrogen) atoms. The molecule has 0 bridgehead atoms. The maximum atomic E-state index is 5.75.